The first kappa shape index (κ1) is 20.7. The third-order valence-corrected chi connectivity index (χ3v) is 10.1. The number of hydrogen-bond donors (Lipinski definition) is 1. The summed E-state index contributed by atoms with van der Waals surface area (Å²) in [6, 6.07) is 0. The first-order valence-corrected chi connectivity index (χ1v) is 11.5. The lowest BCUT2D eigenvalue weighted by Gasteiger charge is -2.64. The van der Waals surface area contributed by atoms with Crippen LogP contribution in [0.15, 0.2) is 23.8 Å². The Balaban J connectivity index is 1.49. The Morgan fingerprint density at radius 3 is 2.61 bits per heavy atom. The van der Waals surface area contributed by atoms with E-state index in [4.69, 9.17) is 18.9 Å². The summed E-state index contributed by atoms with van der Waals surface area (Å²) in [4.78, 5) is 0. The molecule has 0 aromatic heterocycles. The molecule has 0 radical (unpaired) electrons. The maximum absolute atomic E-state index is 17.3. The van der Waals surface area contributed by atoms with E-state index in [0.717, 1.165) is 0 Å². The summed E-state index contributed by atoms with van der Waals surface area (Å²) >= 11 is 0. The molecule has 5 nitrogen and oxygen atoms in total. The van der Waals surface area contributed by atoms with Gasteiger partial charge >= 0.3 is 0 Å². The quantitative estimate of drug-likeness (QED) is 0.623. The lowest BCUT2D eigenvalue weighted by molar-refractivity contribution is -0.281. The molecular formula is C24H32F2O5. The highest BCUT2D eigenvalue weighted by molar-refractivity contribution is 5.39. The van der Waals surface area contributed by atoms with Gasteiger partial charge in [0.25, 0.3) is 0 Å². The zero-order chi connectivity index (χ0) is 21.9. The molecule has 0 amide bonds. The van der Waals surface area contributed by atoms with Gasteiger partial charge in [-0.3, -0.25) is 0 Å². The number of fused-ring (bicyclic) bond motifs is 7. The van der Waals surface area contributed by atoms with Gasteiger partial charge in [0, 0.05) is 16.7 Å². The van der Waals surface area contributed by atoms with Crippen molar-refractivity contribution < 1.29 is 32.8 Å². The lowest BCUT2D eigenvalue weighted by Crippen LogP contribution is -2.72. The highest BCUT2D eigenvalue weighted by Crippen LogP contribution is 2.74. The number of aliphatic hydroxyl groups is 1. The number of allylic oxidation sites excluding steroid dienone is 4. The van der Waals surface area contributed by atoms with Gasteiger partial charge in [0.2, 0.25) is 5.79 Å². The van der Waals surface area contributed by atoms with Gasteiger partial charge in [-0.25, -0.2) is 8.78 Å². The molecule has 10 atom stereocenters. The van der Waals surface area contributed by atoms with E-state index in [2.05, 4.69) is 13.8 Å². The van der Waals surface area contributed by atoms with Gasteiger partial charge in [-0.05, 0) is 43.1 Å². The maximum atomic E-state index is 17.3. The Bertz CT molecular complexity index is 849. The van der Waals surface area contributed by atoms with E-state index in [1.807, 2.05) is 12.2 Å². The van der Waals surface area contributed by atoms with Crippen LogP contribution in [0.2, 0.25) is 0 Å². The van der Waals surface area contributed by atoms with E-state index in [1.54, 1.807) is 13.0 Å². The minimum Gasteiger partial charge on any atom is -0.390 e. The Hall–Kier alpha value is -0.860. The van der Waals surface area contributed by atoms with E-state index in [0.29, 0.717) is 18.4 Å². The molecule has 6 aliphatic rings. The molecule has 2 heterocycles. The average molecular weight is 439 g/mol. The standard InChI is InChI=1S/C24H32F2O5/c1-14-8-16-17-9-18(25)15-6-4-5-7-20(15,2)23(17,26)19(27)10-21(16,3)24(14)22(30-13-31-24)11-28-12-29-22/h4-6,14,16-19,27H,7-13H2,1-3H3/t14-,16-,17-,18-,19-,20-,21-,22?,23-,24+/m0/s1. The molecule has 0 aromatic rings. The van der Waals surface area contributed by atoms with Gasteiger partial charge in [0.05, 0.1) is 6.10 Å². The number of hydrogen-bond acceptors (Lipinski definition) is 5. The fraction of sp³-hybridized carbons (Fsp3) is 0.833. The summed E-state index contributed by atoms with van der Waals surface area (Å²) < 4.78 is 56.7. The van der Waals surface area contributed by atoms with Crippen molar-refractivity contribution >= 4 is 0 Å². The van der Waals surface area contributed by atoms with Crippen LogP contribution in [0.5, 0.6) is 0 Å². The van der Waals surface area contributed by atoms with Crippen molar-refractivity contribution in [2.45, 2.75) is 75.8 Å². The van der Waals surface area contributed by atoms with Crippen molar-refractivity contribution in [3.63, 3.8) is 0 Å². The van der Waals surface area contributed by atoms with Crippen molar-refractivity contribution in [3.05, 3.63) is 23.8 Å². The summed E-state index contributed by atoms with van der Waals surface area (Å²) in [5.74, 6) is -1.87. The van der Waals surface area contributed by atoms with E-state index in [9.17, 15) is 5.11 Å². The van der Waals surface area contributed by atoms with E-state index >= 15 is 8.78 Å². The van der Waals surface area contributed by atoms with Crippen LogP contribution in [0.4, 0.5) is 8.78 Å². The largest absolute Gasteiger partial charge is 0.390 e. The molecule has 7 heteroatoms. The number of halogens is 2. The highest BCUT2D eigenvalue weighted by Gasteiger charge is 2.82. The van der Waals surface area contributed by atoms with Crippen LogP contribution in [0.25, 0.3) is 0 Å². The molecule has 3 saturated carbocycles. The Morgan fingerprint density at radius 1 is 1.10 bits per heavy atom. The van der Waals surface area contributed by atoms with Crippen molar-refractivity contribution in [3.8, 4) is 0 Å². The van der Waals surface area contributed by atoms with Gasteiger partial charge in [-0.1, -0.05) is 39.0 Å². The van der Waals surface area contributed by atoms with Gasteiger partial charge in [0.1, 0.15) is 24.0 Å². The number of alkyl halides is 2. The van der Waals surface area contributed by atoms with Crippen LogP contribution in [-0.2, 0) is 18.9 Å². The van der Waals surface area contributed by atoms with E-state index in [-0.39, 0.29) is 44.9 Å². The third kappa shape index (κ3) is 2.06. The van der Waals surface area contributed by atoms with Gasteiger partial charge < -0.3 is 24.1 Å². The van der Waals surface area contributed by atoms with Crippen molar-refractivity contribution in [1.82, 2.24) is 0 Å². The smallest absolute Gasteiger partial charge is 0.227 e. The predicted molar refractivity (Wildman–Crippen MR) is 107 cm³/mol. The molecule has 2 aliphatic heterocycles. The predicted octanol–water partition coefficient (Wildman–Crippen LogP) is 3.82. The first-order valence-electron chi connectivity index (χ1n) is 11.5. The molecule has 31 heavy (non-hydrogen) atoms. The molecule has 4 aliphatic carbocycles. The first-order chi connectivity index (χ1) is 14.7. The molecule has 5 fully saturated rings. The van der Waals surface area contributed by atoms with Crippen LogP contribution in [-0.4, -0.2) is 54.6 Å². The van der Waals surface area contributed by atoms with Crippen LogP contribution in [0.3, 0.4) is 0 Å². The molecule has 172 valence electrons. The monoisotopic (exact) mass is 438 g/mol. The normalized spacial score (nSPS) is 60.2. The molecule has 0 aromatic carbocycles. The minimum absolute atomic E-state index is 0.0182. The summed E-state index contributed by atoms with van der Waals surface area (Å²) in [5, 5.41) is 11.5. The van der Waals surface area contributed by atoms with Crippen molar-refractivity contribution in [2.24, 2.45) is 28.6 Å². The highest BCUT2D eigenvalue weighted by atomic mass is 19.1. The zero-order valence-electron chi connectivity index (χ0n) is 18.4. The SMILES string of the molecule is C[C@H]1C[C@H]2[C@@H]3C[C@H](F)C4=CC=CC[C@]4(C)[C@@]3(F)[C@@H](O)C[C@]2(C)[C@]12OCOC21COCO1. The topological polar surface area (TPSA) is 57.2 Å². The molecule has 1 unspecified atom stereocenters. The summed E-state index contributed by atoms with van der Waals surface area (Å²) in [5.41, 5.74) is -3.98. The summed E-state index contributed by atoms with van der Waals surface area (Å²) in [7, 11) is 0. The van der Waals surface area contributed by atoms with Gasteiger partial charge in [-0.15, -0.1) is 0 Å². The molecule has 1 N–H and O–H groups in total. The van der Waals surface area contributed by atoms with E-state index < -0.39 is 46.1 Å². The number of ether oxygens (including phenoxy) is 4. The fourth-order valence-corrected chi connectivity index (χ4v) is 8.92. The summed E-state index contributed by atoms with van der Waals surface area (Å²) in [6.45, 7) is 6.36. The van der Waals surface area contributed by atoms with Crippen LogP contribution in [0.1, 0.15) is 46.5 Å². The number of aliphatic hydroxyl groups excluding tert-OH is 1. The van der Waals surface area contributed by atoms with Gasteiger partial charge in [0.15, 0.2) is 13.6 Å². The lowest BCUT2D eigenvalue weighted by atomic mass is 9.43. The maximum Gasteiger partial charge on any atom is 0.227 e. The number of rotatable bonds is 0. The second-order valence-electron chi connectivity index (χ2n) is 11.1. The van der Waals surface area contributed by atoms with Crippen molar-refractivity contribution in [2.75, 3.05) is 20.2 Å². The Labute approximate surface area is 181 Å². The van der Waals surface area contributed by atoms with Crippen LogP contribution >= 0.6 is 0 Å². The van der Waals surface area contributed by atoms with Crippen LogP contribution < -0.4 is 0 Å². The second-order valence-corrected chi connectivity index (χ2v) is 11.1. The van der Waals surface area contributed by atoms with Crippen LogP contribution in [0, 0.1) is 28.6 Å². The minimum atomic E-state index is -1.90. The van der Waals surface area contributed by atoms with E-state index in [1.165, 1.54) is 0 Å². The molecule has 2 spiro atoms. The average Bonchev–Trinajstić information content (AvgIpc) is 3.41. The second kappa shape index (κ2) is 6.17. The Kier molecular flexibility index (Phi) is 4.13. The fourth-order valence-electron chi connectivity index (χ4n) is 8.92. The molecule has 0 bridgehead atoms. The molecular weight excluding hydrogens is 406 g/mol. The molecule has 6 rings (SSSR count). The van der Waals surface area contributed by atoms with Crippen molar-refractivity contribution in [1.29, 1.82) is 0 Å². The molecule has 2 saturated heterocycles. The van der Waals surface area contributed by atoms with Gasteiger partial charge in [-0.2, -0.15) is 0 Å². The summed E-state index contributed by atoms with van der Waals surface area (Å²) in [6.07, 6.45) is 4.33. The third-order valence-electron chi connectivity index (χ3n) is 10.1. The Morgan fingerprint density at radius 2 is 1.87 bits per heavy atom. The zero-order valence-corrected chi connectivity index (χ0v) is 18.4.